The van der Waals surface area contributed by atoms with Crippen molar-refractivity contribution in [2.75, 3.05) is 18.0 Å². The van der Waals surface area contributed by atoms with Crippen molar-refractivity contribution in [2.45, 2.75) is 26.7 Å². The molecule has 0 bridgehead atoms. The van der Waals surface area contributed by atoms with Gasteiger partial charge in [-0.1, -0.05) is 0 Å². The summed E-state index contributed by atoms with van der Waals surface area (Å²) in [5, 5.41) is 8.28. The number of aromatic nitrogens is 4. The quantitative estimate of drug-likeness (QED) is 0.812. The van der Waals surface area contributed by atoms with Gasteiger partial charge in [0.05, 0.1) is 0 Å². The van der Waals surface area contributed by atoms with E-state index in [0.717, 1.165) is 43.2 Å². The van der Waals surface area contributed by atoms with Crippen molar-refractivity contribution >= 4 is 17.2 Å². The summed E-state index contributed by atoms with van der Waals surface area (Å²) in [4.78, 5) is 18.0. The minimum atomic E-state index is 0.204. The molecular weight excluding hydrogens is 242 g/mol. The molecule has 3 rings (SSSR count). The van der Waals surface area contributed by atoms with Crippen LogP contribution in [0.4, 0.5) is 5.82 Å². The van der Waals surface area contributed by atoms with Gasteiger partial charge in [-0.25, -0.2) is 4.98 Å². The van der Waals surface area contributed by atoms with Crippen molar-refractivity contribution in [3.63, 3.8) is 0 Å². The van der Waals surface area contributed by atoms with Gasteiger partial charge < -0.3 is 4.90 Å². The predicted octanol–water partition coefficient (Wildman–Crippen LogP) is 1.24. The fourth-order valence-corrected chi connectivity index (χ4v) is 2.65. The molecule has 2 aromatic heterocycles. The van der Waals surface area contributed by atoms with Gasteiger partial charge in [0.15, 0.2) is 5.82 Å². The van der Waals surface area contributed by atoms with Crippen LogP contribution in [0.5, 0.6) is 0 Å². The number of anilines is 1. The molecule has 1 saturated heterocycles. The first kappa shape index (κ1) is 12.1. The number of fused-ring (bicyclic) bond motifs is 1. The molecule has 100 valence electrons. The minimum Gasteiger partial charge on any atom is -0.353 e. The maximum Gasteiger partial charge on any atom is 0.203 e. The van der Waals surface area contributed by atoms with Crippen LogP contribution in [0.15, 0.2) is 12.4 Å². The van der Waals surface area contributed by atoms with Crippen molar-refractivity contribution in [3.8, 4) is 0 Å². The van der Waals surface area contributed by atoms with Crippen molar-refractivity contribution in [3.05, 3.63) is 18.2 Å². The van der Waals surface area contributed by atoms with Crippen LogP contribution in [0.1, 0.15) is 25.6 Å². The van der Waals surface area contributed by atoms with Gasteiger partial charge in [0.25, 0.3) is 0 Å². The first-order valence-corrected chi connectivity index (χ1v) is 6.58. The number of hydrogen-bond donors (Lipinski definition) is 0. The molecule has 0 radical (unpaired) electrons. The van der Waals surface area contributed by atoms with Gasteiger partial charge in [-0.2, -0.15) is 0 Å². The Hall–Kier alpha value is -1.98. The lowest BCUT2D eigenvalue weighted by molar-refractivity contribution is -0.121. The highest BCUT2D eigenvalue weighted by Gasteiger charge is 2.24. The third kappa shape index (κ3) is 2.07. The maximum atomic E-state index is 11.4. The molecule has 1 aliphatic rings. The van der Waals surface area contributed by atoms with Crippen LogP contribution in [0.3, 0.4) is 0 Å². The molecule has 0 atom stereocenters. The first-order valence-electron chi connectivity index (χ1n) is 6.58. The van der Waals surface area contributed by atoms with E-state index in [-0.39, 0.29) is 5.92 Å². The molecule has 0 aliphatic carbocycles. The van der Waals surface area contributed by atoms with E-state index in [1.54, 1.807) is 13.1 Å². The first-order chi connectivity index (χ1) is 9.16. The summed E-state index contributed by atoms with van der Waals surface area (Å²) < 4.78 is 1.94. The predicted molar refractivity (Wildman–Crippen MR) is 71.1 cm³/mol. The molecule has 0 N–H and O–H groups in total. The van der Waals surface area contributed by atoms with E-state index in [1.807, 2.05) is 17.5 Å². The largest absolute Gasteiger partial charge is 0.353 e. The van der Waals surface area contributed by atoms with Crippen molar-refractivity contribution in [1.82, 2.24) is 19.6 Å². The van der Waals surface area contributed by atoms with Gasteiger partial charge in [-0.05, 0) is 26.7 Å². The zero-order valence-electron chi connectivity index (χ0n) is 11.2. The number of rotatable bonds is 2. The van der Waals surface area contributed by atoms with Crippen LogP contribution in [0, 0.1) is 12.8 Å². The zero-order chi connectivity index (χ0) is 13.4. The van der Waals surface area contributed by atoms with E-state index < -0.39 is 0 Å². The Balaban J connectivity index is 1.88. The summed E-state index contributed by atoms with van der Waals surface area (Å²) in [5.41, 5.74) is 0.793. The second-order valence-corrected chi connectivity index (χ2v) is 5.06. The van der Waals surface area contributed by atoms with Gasteiger partial charge in [0, 0.05) is 31.4 Å². The minimum absolute atomic E-state index is 0.204. The lowest BCUT2D eigenvalue weighted by atomic mass is 9.93. The molecule has 0 saturated carbocycles. The zero-order valence-corrected chi connectivity index (χ0v) is 11.2. The van der Waals surface area contributed by atoms with Gasteiger partial charge in [0.1, 0.15) is 11.6 Å². The number of ketones is 1. The van der Waals surface area contributed by atoms with Gasteiger partial charge >= 0.3 is 0 Å². The highest BCUT2D eigenvalue weighted by molar-refractivity contribution is 5.78. The van der Waals surface area contributed by atoms with Crippen molar-refractivity contribution in [2.24, 2.45) is 5.92 Å². The normalized spacial score (nSPS) is 17.1. The van der Waals surface area contributed by atoms with Crippen LogP contribution in [-0.4, -0.2) is 38.5 Å². The molecule has 0 amide bonds. The molecule has 19 heavy (non-hydrogen) atoms. The summed E-state index contributed by atoms with van der Waals surface area (Å²) in [6.45, 7) is 5.30. The van der Waals surface area contributed by atoms with Crippen LogP contribution in [0.25, 0.3) is 5.65 Å². The average Bonchev–Trinajstić information content (AvgIpc) is 2.81. The molecule has 0 aromatic carbocycles. The number of Topliss-reactive ketones (excluding diaryl/α,β-unsaturated/α-hetero) is 1. The molecule has 6 heteroatoms. The highest BCUT2D eigenvalue weighted by atomic mass is 16.1. The topological polar surface area (TPSA) is 63.4 Å². The SMILES string of the molecule is CC(=O)C1CCN(c2nccn3c(C)nnc23)CC1. The van der Waals surface area contributed by atoms with E-state index in [0.29, 0.717) is 5.78 Å². The molecule has 6 nitrogen and oxygen atoms in total. The number of hydrogen-bond acceptors (Lipinski definition) is 5. The maximum absolute atomic E-state index is 11.4. The Bertz CT molecular complexity index is 613. The fourth-order valence-electron chi connectivity index (χ4n) is 2.65. The number of aryl methyl sites for hydroxylation is 1. The van der Waals surface area contributed by atoms with Crippen molar-refractivity contribution < 1.29 is 4.79 Å². The number of carbonyl (C=O) groups is 1. The fraction of sp³-hybridized carbons (Fsp3) is 0.538. The van der Waals surface area contributed by atoms with Gasteiger partial charge in [-0.3, -0.25) is 9.20 Å². The molecule has 1 aliphatic heterocycles. The van der Waals surface area contributed by atoms with E-state index in [9.17, 15) is 4.79 Å². The molecule has 0 spiro atoms. The Kier molecular flexibility index (Phi) is 2.93. The van der Waals surface area contributed by atoms with Crippen LogP contribution in [-0.2, 0) is 4.79 Å². The average molecular weight is 259 g/mol. The van der Waals surface area contributed by atoms with Gasteiger partial charge in [0.2, 0.25) is 5.65 Å². The molecular formula is C13H17N5O. The molecule has 0 unspecified atom stereocenters. The Morgan fingerprint density at radius 3 is 2.74 bits per heavy atom. The molecule has 3 heterocycles. The highest BCUT2D eigenvalue weighted by Crippen LogP contribution is 2.24. The van der Waals surface area contributed by atoms with Gasteiger partial charge in [-0.15, -0.1) is 10.2 Å². The summed E-state index contributed by atoms with van der Waals surface area (Å²) in [6.07, 6.45) is 5.43. The lowest BCUT2D eigenvalue weighted by Gasteiger charge is -2.31. The second-order valence-electron chi connectivity index (χ2n) is 5.06. The third-order valence-electron chi connectivity index (χ3n) is 3.85. The molecule has 2 aromatic rings. The Labute approximate surface area is 111 Å². The summed E-state index contributed by atoms with van der Waals surface area (Å²) in [5.74, 6) is 2.22. The summed E-state index contributed by atoms with van der Waals surface area (Å²) in [6, 6.07) is 0. The molecule has 1 fully saturated rings. The monoisotopic (exact) mass is 259 g/mol. The standard InChI is InChI=1S/C13H17N5O/c1-9(19)11-3-6-17(7-4-11)12-13-16-15-10(2)18(13)8-5-14-12/h5,8,11H,3-4,6-7H2,1-2H3. The number of carbonyl (C=O) groups excluding carboxylic acids is 1. The van der Waals surface area contributed by atoms with Crippen LogP contribution >= 0.6 is 0 Å². The third-order valence-corrected chi connectivity index (χ3v) is 3.85. The Morgan fingerprint density at radius 1 is 1.32 bits per heavy atom. The summed E-state index contributed by atoms with van der Waals surface area (Å²) >= 11 is 0. The van der Waals surface area contributed by atoms with E-state index in [2.05, 4.69) is 20.1 Å². The number of nitrogens with zero attached hydrogens (tertiary/aromatic N) is 5. The van der Waals surface area contributed by atoms with Crippen molar-refractivity contribution in [1.29, 1.82) is 0 Å². The summed E-state index contributed by atoms with van der Waals surface area (Å²) in [7, 11) is 0. The van der Waals surface area contributed by atoms with Crippen LogP contribution in [0.2, 0.25) is 0 Å². The van der Waals surface area contributed by atoms with E-state index in [1.165, 1.54) is 0 Å². The van der Waals surface area contributed by atoms with E-state index in [4.69, 9.17) is 0 Å². The van der Waals surface area contributed by atoms with Crippen LogP contribution < -0.4 is 4.90 Å². The Morgan fingerprint density at radius 2 is 2.05 bits per heavy atom. The lowest BCUT2D eigenvalue weighted by Crippen LogP contribution is -2.36. The van der Waals surface area contributed by atoms with E-state index >= 15 is 0 Å². The second kappa shape index (κ2) is 4.60. The number of piperidine rings is 1. The smallest absolute Gasteiger partial charge is 0.203 e.